The number of nitrogens with two attached hydrogens (primary N) is 1. The van der Waals surface area contributed by atoms with E-state index in [2.05, 4.69) is 0 Å². The second-order valence-corrected chi connectivity index (χ2v) is 2.20. The van der Waals surface area contributed by atoms with E-state index in [1.165, 1.54) is 0 Å². The lowest BCUT2D eigenvalue weighted by Gasteiger charge is -2.00. The van der Waals surface area contributed by atoms with Gasteiger partial charge in [-0.05, 0) is 17.7 Å². The monoisotopic (exact) mass is 148 g/mol. The first kappa shape index (κ1) is 7.58. The van der Waals surface area contributed by atoms with Crippen LogP contribution in [-0.2, 0) is 0 Å². The Kier molecular flexibility index (Phi) is 2.09. The van der Waals surface area contributed by atoms with E-state index >= 15 is 0 Å². The van der Waals surface area contributed by atoms with Crippen molar-refractivity contribution in [2.45, 2.75) is 6.10 Å². The number of aliphatic hydroxyl groups is 1. The zero-order valence-electron chi connectivity index (χ0n) is 5.86. The van der Waals surface area contributed by atoms with Crippen molar-refractivity contribution in [3.63, 3.8) is 0 Å². The van der Waals surface area contributed by atoms with E-state index in [1.807, 2.05) is 0 Å². The first-order valence-electron chi connectivity index (χ1n) is 3.17. The lowest BCUT2D eigenvalue weighted by molar-refractivity contribution is 0.236. The lowest BCUT2D eigenvalue weighted by atomic mass is 10.1. The van der Waals surface area contributed by atoms with Crippen molar-refractivity contribution in [1.82, 2.24) is 0 Å². The van der Waals surface area contributed by atoms with E-state index in [4.69, 9.17) is 16.1 Å². The van der Waals surface area contributed by atoms with Crippen LogP contribution in [0.1, 0.15) is 11.7 Å². The summed E-state index contributed by atoms with van der Waals surface area (Å²) in [6, 6.07) is 8.27. The van der Waals surface area contributed by atoms with Gasteiger partial charge in [0.15, 0.2) is 6.10 Å². The Morgan fingerprint density at radius 3 is 2.36 bits per heavy atom. The summed E-state index contributed by atoms with van der Waals surface area (Å²) < 4.78 is 0. The highest BCUT2D eigenvalue weighted by Crippen LogP contribution is 2.12. The SMILES string of the molecule is N#CC(O)c1ccc(N)cc1. The van der Waals surface area contributed by atoms with E-state index in [9.17, 15) is 0 Å². The topological polar surface area (TPSA) is 70.0 Å². The van der Waals surface area contributed by atoms with E-state index in [0.29, 0.717) is 11.3 Å². The fraction of sp³-hybridized carbons (Fsp3) is 0.125. The Hall–Kier alpha value is -1.53. The predicted molar refractivity (Wildman–Crippen MR) is 41.4 cm³/mol. The third kappa shape index (κ3) is 1.69. The second-order valence-electron chi connectivity index (χ2n) is 2.20. The van der Waals surface area contributed by atoms with Crippen molar-refractivity contribution in [2.24, 2.45) is 0 Å². The zero-order valence-corrected chi connectivity index (χ0v) is 5.86. The molecule has 1 rings (SSSR count). The minimum atomic E-state index is -1.05. The number of hydrogen-bond donors (Lipinski definition) is 2. The molecular weight excluding hydrogens is 140 g/mol. The maximum Gasteiger partial charge on any atom is 0.165 e. The van der Waals surface area contributed by atoms with Gasteiger partial charge in [0.05, 0.1) is 6.07 Å². The van der Waals surface area contributed by atoms with Gasteiger partial charge in [-0.3, -0.25) is 0 Å². The van der Waals surface area contributed by atoms with Crippen LogP contribution in [0.15, 0.2) is 24.3 Å². The number of benzene rings is 1. The van der Waals surface area contributed by atoms with Crippen LogP contribution >= 0.6 is 0 Å². The van der Waals surface area contributed by atoms with Crippen LogP contribution in [0.3, 0.4) is 0 Å². The third-order valence-corrected chi connectivity index (χ3v) is 1.37. The van der Waals surface area contributed by atoms with Gasteiger partial charge < -0.3 is 10.8 Å². The van der Waals surface area contributed by atoms with Crippen LogP contribution in [0.4, 0.5) is 5.69 Å². The van der Waals surface area contributed by atoms with E-state index in [1.54, 1.807) is 30.3 Å². The normalized spacial score (nSPS) is 12.0. The van der Waals surface area contributed by atoms with Crippen LogP contribution in [0.25, 0.3) is 0 Å². The number of hydrogen-bond acceptors (Lipinski definition) is 3. The summed E-state index contributed by atoms with van der Waals surface area (Å²) in [5.41, 5.74) is 6.60. The van der Waals surface area contributed by atoms with Crippen LogP contribution < -0.4 is 5.73 Å². The third-order valence-electron chi connectivity index (χ3n) is 1.37. The molecule has 0 spiro atoms. The average molecular weight is 148 g/mol. The number of rotatable bonds is 1. The minimum absolute atomic E-state index is 0.571. The van der Waals surface area contributed by atoms with Gasteiger partial charge in [0.1, 0.15) is 0 Å². The molecule has 0 fully saturated rings. The molecule has 3 N–H and O–H groups in total. The Labute approximate surface area is 64.7 Å². The molecule has 0 aromatic heterocycles. The molecule has 0 aliphatic carbocycles. The molecule has 0 aliphatic rings. The lowest BCUT2D eigenvalue weighted by Crippen LogP contribution is -1.93. The summed E-state index contributed by atoms with van der Waals surface area (Å²) in [6.45, 7) is 0. The number of nitrogen functional groups attached to an aromatic ring is 1. The summed E-state index contributed by atoms with van der Waals surface area (Å²) in [4.78, 5) is 0. The molecular formula is C8H8N2O. The molecule has 1 aromatic carbocycles. The Balaban J connectivity index is 2.92. The van der Waals surface area contributed by atoms with Gasteiger partial charge in [-0.25, -0.2) is 0 Å². The van der Waals surface area contributed by atoms with Gasteiger partial charge in [0.25, 0.3) is 0 Å². The van der Waals surface area contributed by atoms with Crippen molar-refractivity contribution in [3.8, 4) is 6.07 Å². The van der Waals surface area contributed by atoms with Gasteiger partial charge in [0, 0.05) is 5.69 Å². The number of nitriles is 1. The molecule has 1 atom stereocenters. The standard InChI is InChI=1S/C8H8N2O/c9-5-8(11)6-1-3-7(10)4-2-6/h1-4,8,11H,10H2. The zero-order chi connectivity index (χ0) is 8.27. The molecule has 1 unspecified atom stereocenters. The quantitative estimate of drug-likeness (QED) is 0.457. The van der Waals surface area contributed by atoms with Gasteiger partial charge >= 0.3 is 0 Å². The minimum Gasteiger partial charge on any atom is -0.399 e. The predicted octanol–water partition coefficient (Wildman–Crippen LogP) is 0.826. The summed E-state index contributed by atoms with van der Waals surface area (Å²) >= 11 is 0. The van der Waals surface area contributed by atoms with Gasteiger partial charge in [-0.1, -0.05) is 12.1 Å². The molecule has 56 valence electrons. The molecule has 0 radical (unpaired) electrons. The highest BCUT2D eigenvalue weighted by molar-refractivity contribution is 5.40. The molecule has 0 bridgehead atoms. The van der Waals surface area contributed by atoms with Crippen molar-refractivity contribution in [2.75, 3.05) is 5.73 Å². The van der Waals surface area contributed by atoms with Crippen LogP contribution in [0.2, 0.25) is 0 Å². The summed E-state index contributed by atoms with van der Waals surface area (Å²) in [7, 11) is 0. The first-order valence-corrected chi connectivity index (χ1v) is 3.17. The first-order chi connectivity index (χ1) is 5.24. The van der Waals surface area contributed by atoms with E-state index in [0.717, 1.165) is 0 Å². The van der Waals surface area contributed by atoms with Crippen molar-refractivity contribution in [3.05, 3.63) is 29.8 Å². The largest absolute Gasteiger partial charge is 0.399 e. The van der Waals surface area contributed by atoms with Gasteiger partial charge in [0.2, 0.25) is 0 Å². The number of aliphatic hydroxyl groups excluding tert-OH is 1. The maximum absolute atomic E-state index is 9.02. The fourth-order valence-electron chi connectivity index (χ4n) is 0.753. The Morgan fingerprint density at radius 1 is 1.36 bits per heavy atom. The molecule has 0 heterocycles. The molecule has 0 aliphatic heterocycles. The molecule has 0 saturated carbocycles. The van der Waals surface area contributed by atoms with Crippen molar-refractivity contribution < 1.29 is 5.11 Å². The van der Waals surface area contributed by atoms with Crippen LogP contribution in [0.5, 0.6) is 0 Å². The van der Waals surface area contributed by atoms with E-state index < -0.39 is 6.10 Å². The van der Waals surface area contributed by atoms with Gasteiger partial charge in [-0.15, -0.1) is 0 Å². The summed E-state index contributed by atoms with van der Waals surface area (Å²) in [5.74, 6) is 0. The maximum atomic E-state index is 9.02. The van der Waals surface area contributed by atoms with Crippen LogP contribution in [-0.4, -0.2) is 5.11 Å². The highest BCUT2D eigenvalue weighted by atomic mass is 16.3. The number of nitrogens with zero attached hydrogens (tertiary/aromatic N) is 1. The Bertz CT molecular complexity index is 273. The summed E-state index contributed by atoms with van der Waals surface area (Å²) in [6.07, 6.45) is -1.05. The molecule has 0 amide bonds. The average Bonchev–Trinajstić information content (AvgIpc) is 2.05. The number of anilines is 1. The Morgan fingerprint density at radius 2 is 1.91 bits per heavy atom. The molecule has 0 saturated heterocycles. The second kappa shape index (κ2) is 3.04. The molecule has 11 heavy (non-hydrogen) atoms. The molecule has 3 heteroatoms. The van der Waals surface area contributed by atoms with E-state index in [-0.39, 0.29) is 0 Å². The van der Waals surface area contributed by atoms with Gasteiger partial charge in [-0.2, -0.15) is 5.26 Å². The molecule has 3 nitrogen and oxygen atoms in total. The molecule has 1 aromatic rings. The smallest absolute Gasteiger partial charge is 0.165 e. The van der Waals surface area contributed by atoms with Crippen molar-refractivity contribution in [1.29, 1.82) is 5.26 Å². The highest BCUT2D eigenvalue weighted by Gasteiger charge is 2.02. The fourth-order valence-corrected chi connectivity index (χ4v) is 0.753. The summed E-state index contributed by atoms with van der Waals surface area (Å²) in [5, 5.41) is 17.3. The van der Waals surface area contributed by atoms with Crippen LogP contribution in [0, 0.1) is 11.3 Å². The van der Waals surface area contributed by atoms with Crippen molar-refractivity contribution >= 4 is 5.69 Å².